The summed E-state index contributed by atoms with van der Waals surface area (Å²) in [5.41, 5.74) is 0.881. The van der Waals surface area contributed by atoms with Crippen LogP contribution >= 0.6 is 0 Å². The monoisotopic (exact) mass is 236 g/mol. The summed E-state index contributed by atoms with van der Waals surface area (Å²) in [7, 11) is 0. The minimum absolute atomic E-state index is 0.0984. The number of phenolic OH excluding ortho intramolecular Hbond substituents is 1. The van der Waals surface area contributed by atoms with E-state index in [9.17, 15) is 4.79 Å². The first-order valence-corrected chi connectivity index (χ1v) is 5.90. The molecule has 1 aromatic heterocycles. The Kier molecular flexibility index (Phi) is 6.71. The summed E-state index contributed by atoms with van der Waals surface area (Å²) >= 11 is 0. The van der Waals surface area contributed by atoms with Crippen molar-refractivity contribution in [2.24, 2.45) is 0 Å². The highest BCUT2D eigenvalue weighted by Crippen LogP contribution is 2.20. The lowest BCUT2D eigenvalue weighted by molar-refractivity contribution is 0.473. The van der Waals surface area contributed by atoms with Crippen LogP contribution in [0.2, 0.25) is 0 Å². The average molecular weight is 236 g/mol. The third-order valence-electron chi connectivity index (χ3n) is 1.93. The van der Waals surface area contributed by atoms with Gasteiger partial charge in [0.15, 0.2) is 0 Å². The normalized spacial score (nSPS) is 8.76. The van der Waals surface area contributed by atoms with Crippen molar-refractivity contribution in [1.29, 1.82) is 0 Å². The van der Waals surface area contributed by atoms with Crippen molar-refractivity contribution >= 4 is 11.0 Å². The number of hydrogen-bond acceptors (Lipinski definition) is 3. The second kappa shape index (κ2) is 7.49. The van der Waals surface area contributed by atoms with Gasteiger partial charge in [-0.15, -0.1) is 0 Å². The lowest BCUT2D eigenvalue weighted by Gasteiger charge is -1.99. The summed E-state index contributed by atoms with van der Waals surface area (Å²) in [4.78, 5) is 11.0. The number of benzene rings is 1. The van der Waals surface area contributed by atoms with Gasteiger partial charge < -0.3 is 9.52 Å². The van der Waals surface area contributed by atoms with Gasteiger partial charge in [-0.2, -0.15) is 0 Å². The Hall–Kier alpha value is -1.77. The van der Waals surface area contributed by atoms with Gasteiger partial charge in [0.1, 0.15) is 11.3 Å². The molecule has 3 heteroatoms. The molecule has 0 saturated carbocycles. The van der Waals surface area contributed by atoms with Crippen LogP contribution in [0.15, 0.2) is 33.5 Å². The smallest absolute Gasteiger partial charge is 0.336 e. The fourth-order valence-electron chi connectivity index (χ4n) is 1.31. The maximum absolute atomic E-state index is 11.0. The zero-order valence-electron chi connectivity index (χ0n) is 11.1. The fraction of sp³-hybridized carbons (Fsp3) is 0.357. The van der Waals surface area contributed by atoms with Gasteiger partial charge in [-0.3, -0.25) is 0 Å². The molecule has 1 aromatic carbocycles. The number of hydrogen-bond donors (Lipinski definition) is 1. The highest BCUT2D eigenvalue weighted by Gasteiger charge is 2.01. The molecule has 0 fully saturated rings. The average Bonchev–Trinajstić information content (AvgIpc) is 2.33. The van der Waals surface area contributed by atoms with E-state index in [1.807, 2.05) is 34.6 Å². The van der Waals surface area contributed by atoms with Crippen molar-refractivity contribution in [2.45, 2.75) is 34.6 Å². The van der Waals surface area contributed by atoms with Crippen molar-refractivity contribution in [3.8, 4) is 5.75 Å². The molecule has 94 valence electrons. The van der Waals surface area contributed by atoms with E-state index in [0.717, 1.165) is 10.9 Å². The number of phenols is 1. The summed E-state index contributed by atoms with van der Waals surface area (Å²) < 4.78 is 4.91. The Bertz CT molecular complexity index is 512. The van der Waals surface area contributed by atoms with Gasteiger partial charge in [-0.25, -0.2) is 4.79 Å². The lowest BCUT2D eigenvalue weighted by Crippen LogP contribution is -1.97. The Morgan fingerprint density at radius 2 is 1.65 bits per heavy atom. The SMILES string of the molecule is CC.CC.Cc1cc(=O)oc2cc(O)ccc12. The minimum Gasteiger partial charge on any atom is -0.508 e. The predicted molar refractivity (Wildman–Crippen MR) is 71.6 cm³/mol. The molecular formula is C14H20O3. The molecule has 3 nitrogen and oxygen atoms in total. The highest BCUT2D eigenvalue weighted by atomic mass is 16.4. The molecule has 0 spiro atoms. The van der Waals surface area contributed by atoms with Crippen LogP contribution in [0.5, 0.6) is 5.75 Å². The first kappa shape index (κ1) is 15.2. The van der Waals surface area contributed by atoms with Crippen LogP contribution in [0.4, 0.5) is 0 Å². The molecule has 0 radical (unpaired) electrons. The molecule has 0 aliphatic carbocycles. The van der Waals surface area contributed by atoms with E-state index in [2.05, 4.69) is 0 Å². The number of rotatable bonds is 0. The standard InChI is InChI=1S/C10H8O3.2C2H6/c1-6-4-10(12)13-9-5-7(11)2-3-8(6)9;2*1-2/h2-5,11H,1H3;2*1-2H3. The van der Waals surface area contributed by atoms with E-state index in [4.69, 9.17) is 9.52 Å². The molecule has 0 aliphatic rings. The summed E-state index contributed by atoms with van der Waals surface area (Å²) in [5.74, 6) is 0.0984. The van der Waals surface area contributed by atoms with Crippen LogP contribution in [-0.2, 0) is 0 Å². The minimum atomic E-state index is -0.393. The molecule has 2 rings (SSSR count). The third kappa shape index (κ3) is 3.94. The van der Waals surface area contributed by atoms with Crippen molar-refractivity contribution in [1.82, 2.24) is 0 Å². The van der Waals surface area contributed by atoms with Gasteiger partial charge in [-0.1, -0.05) is 27.7 Å². The lowest BCUT2D eigenvalue weighted by atomic mass is 10.1. The molecule has 17 heavy (non-hydrogen) atoms. The van der Waals surface area contributed by atoms with E-state index in [1.165, 1.54) is 12.1 Å². The zero-order valence-corrected chi connectivity index (χ0v) is 11.1. The van der Waals surface area contributed by atoms with E-state index < -0.39 is 5.63 Å². The molecule has 0 amide bonds. The van der Waals surface area contributed by atoms with Crippen LogP contribution in [0.1, 0.15) is 33.3 Å². The number of fused-ring (bicyclic) bond motifs is 1. The maximum Gasteiger partial charge on any atom is 0.336 e. The molecule has 2 aromatic rings. The molecule has 1 N–H and O–H groups in total. The molecule has 0 atom stereocenters. The van der Waals surface area contributed by atoms with Crippen LogP contribution in [-0.4, -0.2) is 5.11 Å². The highest BCUT2D eigenvalue weighted by molar-refractivity contribution is 5.81. The van der Waals surface area contributed by atoms with E-state index >= 15 is 0 Å². The van der Waals surface area contributed by atoms with E-state index in [-0.39, 0.29) is 5.75 Å². The van der Waals surface area contributed by atoms with Gasteiger partial charge in [0.25, 0.3) is 0 Å². The number of aryl methyl sites for hydroxylation is 1. The van der Waals surface area contributed by atoms with Crippen LogP contribution in [0, 0.1) is 6.92 Å². The topological polar surface area (TPSA) is 50.4 Å². The van der Waals surface area contributed by atoms with Crippen molar-refractivity contribution in [3.63, 3.8) is 0 Å². The second-order valence-electron chi connectivity index (χ2n) is 2.93. The Balaban J connectivity index is 0.000000581. The summed E-state index contributed by atoms with van der Waals surface area (Å²) in [6.07, 6.45) is 0. The largest absolute Gasteiger partial charge is 0.508 e. The molecule has 0 saturated heterocycles. The molecule has 0 aliphatic heterocycles. The summed E-state index contributed by atoms with van der Waals surface area (Å²) in [5, 5.41) is 9.99. The van der Waals surface area contributed by atoms with Crippen LogP contribution in [0.3, 0.4) is 0 Å². The van der Waals surface area contributed by atoms with Gasteiger partial charge >= 0.3 is 5.63 Å². The number of aromatic hydroxyl groups is 1. The maximum atomic E-state index is 11.0. The quantitative estimate of drug-likeness (QED) is 0.706. The van der Waals surface area contributed by atoms with E-state index in [0.29, 0.717) is 5.58 Å². The molecular weight excluding hydrogens is 216 g/mol. The summed E-state index contributed by atoms with van der Waals surface area (Å²) in [6.45, 7) is 9.83. The zero-order chi connectivity index (χ0) is 13.4. The van der Waals surface area contributed by atoms with Crippen molar-refractivity contribution < 1.29 is 9.52 Å². The summed E-state index contributed by atoms with van der Waals surface area (Å²) in [6, 6.07) is 6.15. The van der Waals surface area contributed by atoms with Crippen molar-refractivity contribution in [3.05, 3.63) is 40.2 Å². The molecule has 1 heterocycles. The van der Waals surface area contributed by atoms with Gasteiger partial charge in [0.05, 0.1) is 0 Å². The third-order valence-corrected chi connectivity index (χ3v) is 1.93. The van der Waals surface area contributed by atoms with Crippen LogP contribution < -0.4 is 5.63 Å². The molecule has 0 unspecified atom stereocenters. The van der Waals surface area contributed by atoms with Crippen molar-refractivity contribution in [2.75, 3.05) is 0 Å². The first-order chi connectivity index (χ1) is 8.16. The van der Waals surface area contributed by atoms with E-state index in [1.54, 1.807) is 12.1 Å². The predicted octanol–water partition coefficient (Wildman–Crippen LogP) is 3.86. The Morgan fingerprint density at radius 3 is 2.24 bits per heavy atom. The Labute approximate surface area is 102 Å². The Morgan fingerprint density at radius 1 is 1.06 bits per heavy atom. The first-order valence-electron chi connectivity index (χ1n) is 5.90. The fourth-order valence-corrected chi connectivity index (χ4v) is 1.31. The van der Waals surface area contributed by atoms with Gasteiger partial charge in [0, 0.05) is 17.5 Å². The van der Waals surface area contributed by atoms with Crippen LogP contribution in [0.25, 0.3) is 11.0 Å². The molecule has 0 bridgehead atoms. The second-order valence-corrected chi connectivity index (χ2v) is 2.93. The van der Waals surface area contributed by atoms with Gasteiger partial charge in [0.2, 0.25) is 0 Å². The van der Waals surface area contributed by atoms with Gasteiger partial charge in [-0.05, 0) is 24.6 Å².